The first-order valence-electron chi connectivity index (χ1n) is 3.21. The third-order valence-corrected chi connectivity index (χ3v) is 1.50. The molecule has 52 valence electrons. The van der Waals surface area contributed by atoms with Crippen LogP contribution in [-0.2, 0) is 0 Å². The zero-order chi connectivity index (χ0) is 7.68. The first-order valence-corrected chi connectivity index (χ1v) is 3.21. The lowest BCUT2D eigenvalue weighted by molar-refractivity contribution is 0.944. The molecule has 0 aliphatic rings. The van der Waals surface area contributed by atoms with Gasteiger partial charge in [0.15, 0.2) is 0 Å². The second kappa shape index (κ2) is 2.10. The van der Waals surface area contributed by atoms with E-state index in [-0.39, 0.29) is 0 Å². The topological polar surface area (TPSA) is 21.7 Å². The number of hydrogen-bond donors (Lipinski definition) is 0. The van der Waals surface area contributed by atoms with Crippen LogP contribution in [0.4, 0.5) is 5.69 Å². The Labute approximate surface area is 63.7 Å². The van der Waals surface area contributed by atoms with Gasteiger partial charge < -0.3 is 0 Å². The maximum Gasteiger partial charge on any atom is 0.208 e. The van der Waals surface area contributed by atoms with E-state index >= 15 is 0 Å². The lowest BCUT2D eigenvalue weighted by Crippen LogP contribution is -1.85. The van der Waals surface area contributed by atoms with Crippen molar-refractivity contribution in [2.24, 2.45) is 0 Å². The first-order chi connectivity index (χ1) is 5.40. The predicted molar refractivity (Wildman–Crippen MR) is 41.5 cm³/mol. The maximum atomic E-state index is 6.75. The minimum atomic E-state index is 0.580. The van der Waals surface area contributed by atoms with Gasteiger partial charge in [-0.25, -0.2) is 9.36 Å². The summed E-state index contributed by atoms with van der Waals surface area (Å²) < 4.78 is 1.73. The lowest BCUT2D eigenvalue weighted by atomic mass is 10.4. The summed E-state index contributed by atoms with van der Waals surface area (Å²) in [5.74, 6) is 0. The summed E-state index contributed by atoms with van der Waals surface area (Å²) in [5.41, 5.74) is 1.54. The highest BCUT2D eigenvalue weighted by atomic mass is 15.2. The molecule has 3 heteroatoms. The van der Waals surface area contributed by atoms with Crippen LogP contribution >= 0.6 is 0 Å². The molecule has 0 aromatic carbocycles. The van der Waals surface area contributed by atoms with E-state index in [0.29, 0.717) is 5.69 Å². The molecule has 2 aromatic heterocycles. The summed E-state index contributed by atoms with van der Waals surface area (Å²) in [5, 5.41) is 4.01. The maximum absolute atomic E-state index is 6.75. The van der Waals surface area contributed by atoms with Gasteiger partial charge in [-0.2, -0.15) is 5.10 Å². The first kappa shape index (κ1) is 5.93. The van der Waals surface area contributed by atoms with Crippen molar-refractivity contribution >= 4 is 11.2 Å². The van der Waals surface area contributed by atoms with Gasteiger partial charge in [0.25, 0.3) is 0 Å². The molecule has 0 aliphatic heterocycles. The second-order valence-electron chi connectivity index (χ2n) is 2.20. The Morgan fingerprint density at radius 1 is 1.55 bits per heavy atom. The Balaban J connectivity index is 2.79. The van der Waals surface area contributed by atoms with Crippen molar-refractivity contribution in [1.82, 2.24) is 9.61 Å². The highest BCUT2D eigenvalue weighted by Gasteiger charge is 1.93. The lowest BCUT2D eigenvalue weighted by Gasteiger charge is -1.91. The van der Waals surface area contributed by atoms with Crippen LogP contribution in [0, 0.1) is 6.57 Å². The highest BCUT2D eigenvalue weighted by molar-refractivity contribution is 5.57. The zero-order valence-corrected chi connectivity index (χ0v) is 5.73. The molecule has 0 N–H and O–H groups in total. The molecule has 0 bridgehead atoms. The van der Waals surface area contributed by atoms with Crippen molar-refractivity contribution < 1.29 is 0 Å². The summed E-state index contributed by atoms with van der Waals surface area (Å²) in [6.45, 7) is 6.75. The van der Waals surface area contributed by atoms with Crippen molar-refractivity contribution in [2.45, 2.75) is 0 Å². The summed E-state index contributed by atoms with van der Waals surface area (Å²) in [6, 6.07) is 5.62. The smallest absolute Gasteiger partial charge is 0.208 e. The molecule has 0 spiro atoms. The minimum Gasteiger partial charge on any atom is -0.244 e. The van der Waals surface area contributed by atoms with Gasteiger partial charge in [-0.3, -0.25) is 0 Å². The number of nitrogens with zero attached hydrogens (tertiary/aromatic N) is 3. The Morgan fingerprint density at radius 2 is 2.45 bits per heavy atom. The summed E-state index contributed by atoms with van der Waals surface area (Å²) in [7, 11) is 0. The fourth-order valence-electron chi connectivity index (χ4n) is 0.976. The van der Waals surface area contributed by atoms with Gasteiger partial charge in [-0.15, -0.1) is 0 Å². The summed E-state index contributed by atoms with van der Waals surface area (Å²) in [6.07, 6.45) is 3.41. The van der Waals surface area contributed by atoms with Gasteiger partial charge in [0.05, 0.1) is 18.3 Å². The van der Waals surface area contributed by atoms with Crippen molar-refractivity contribution in [3.8, 4) is 0 Å². The van der Waals surface area contributed by atoms with Gasteiger partial charge in [-0.1, -0.05) is 0 Å². The summed E-state index contributed by atoms with van der Waals surface area (Å²) in [4.78, 5) is 3.27. The van der Waals surface area contributed by atoms with Gasteiger partial charge in [0.2, 0.25) is 5.69 Å². The molecule has 0 amide bonds. The molecular weight excluding hydrogens is 138 g/mol. The Kier molecular flexibility index (Phi) is 1.13. The van der Waals surface area contributed by atoms with Crippen molar-refractivity contribution in [3.05, 3.63) is 42.0 Å². The molecule has 0 saturated carbocycles. The highest BCUT2D eigenvalue weighted by Crippen LogP contribution is 2.12. The van der Waals surface area contributed by atoms with Gasteiger partial charge >= 0.3 is 0 Å². The van der Waals surface area contributed by atoms with E-state index in [4.69, 9.17) is 6.57 Å². The van der Waals surface area contributed by atoms with Crippen LogP contribution in [0.15, 0.2) is 30.6 Å². The number of fused-ring (bicyclic) bond motifs is 1. The van der Waals surface area contributed by atoms with Crippen LogP contribution in [0.25, 0.3) is 10.4 Å². The quantitative estimate of drug-likeness (QED) is 0.516. The van der Waals surface area contributed by atoms with E-state index in [1.165, 1.54) is 0 Å². The third kappa shape index (κ3) is 0.849. The fraction of sp³-hybridized carbons (Fsp3) is 0. The molecule has 0 unspecified atom stereocenters. The molecule has 0 saturated heterocycles. The monoisotopic (exact) mass is 143 g/mol. The van der Waals surface area contributed by atoms with E-state index in [1.54, 1.807) is 16.8 Å². The van der Waals surface area contributed by atoms with Crippen LogP contribution in [0.1, 0.15) is 0 Å². The predicted octanol–water partition coefficient (Wildman–Crippen LogP) is 1.89. The molecule has 0 fully saturated rings. The molecule has 2 heterocycles. The Bertz CT molecular complexity index is 422. The van der Waals surface area contributed by atoms with Crippen LogP contribution < -0.4 is 0 Å². The molecular formula is C8H5N3. The average molecular weight is 143 g/mol. The van der Waals surface area contributed by atoms with Crippen molar-refractivity contribution in [1.29, 1.82) is 0 Å². The minimum absolute atomic E-state index is 0.580. The Hall–Kier alpha value is -1.82. The van der Waals surface area contributed by atoms with E-state index in [9.17, 15) is 0 Å². The second-order valence-corrected chi connectivity index (χ2v) is 2.20. The molecule has 2 rings (SSSR count). The largest absolute Gasteiger partial charge is 0.244 e. The van der Waals surface area contributed by atoms with E-state index in [0.717, 1.165) is 5.52 Å². The molecule has 0 atom stereocenters. The SMILES string of the molecule is [C-]#[N+]c1cnn2cccc2c1. The number of rotatable bonds is 0. The van der Waals surface area contributed by atoms with Crippen LogP contribution in [0.3, 0.4) is 0 Å². The molecule has 3 nitrogen and oxygen atoms in total. The third-order valence-electron chi connectivity index (χ3n) is 1.50. The molecule has 0 aliphatic carbocycles. The zero-order valence-electron chi connectivity index (χ0n) is 5.73. The number of aromatic nitrogens is 2. The number of hydrogen-bond acceptors (Lipinski definition) is 1. The molecule has 2 aromatic rings. The van der Waals surface area contributed by atoms with Crippen molar-refractivity contribution in [3.63, 3.8) is 0 Å². The van der Waals surface area contributed by atoms with Crippen LogP contribution in [-0.4, -0.2) is 9.61 Å². The molecule has 0 radical (unpaired) electrons. The van der Waals surface area contributed by atoms with E-state index < -0.39 is 0 Å². The summed E-state index contributed by atoms with van der Waals surface area (Å²) >= 11 is 0. The van der Waals surface area contributed by atoms with Gasteiger partial charge in [0.1, 0.15) is 0 Å². The van der Waals surface area contributed by atoms with E-state index in [1.807, 2.05) is 18.3 Å². The van der Waals surface area contributed by atoms with Crippen molar-refractivity contribution in [2.75, 3.05) is 0 Å². The normalized spacial score (nSPS) is 9.73. The fourth-order valence-corrected chi connectivity index (χ4v) is 0.976. The van der Waals surface area contributed by atoms with E-state index in [2.05, 4.69) is 9.94 Å². The van der Waals surface area contributed by atoms with Gasteiger partial charge in [0, 0.05) is 6.20 Å². The Morgan fingerprint density at radius 3 is 3.27 bits per heavy atom. The van der Waals surface area contributed by atoms with Crippen LogP contribution in [0.2, 0.25) is 0 Å². The average Bonchev–Trinajstić information content (AvgIpc) is 2.50. The van der Waals surface area contributed by atoms with Gasteiger partial charge in [-0.05, 0) is 18.2 Å². The van der Waals surface area contributed by atoms with Crippen LogP contribution in [0.5, 0.6) is 0 Å². The standard InChI is InChI=1S/C8H5N3/c1-9-7-5-8-3-2-4-11(8)10-6-7/h2-6H. The molecule has 11 heavy (non-hydrogen) atoms.